The number of hydrogen-bond donors (Lipinski definition) is 5. The largest absolute Gasteiger partial charge is 0.488 e. The number of fused-ring (bicyclic) bond motifs is 1. The van der Waals surface area contributed by atoms with Gasteiger partial charge in [-0.1, -0.05) is 58.0 Å². The Morgan fingerprint density at radius 3 is 2.43 bits per heavy atom. The van der Waals surface area contributed by atoms with Crippen molar-refractivity contribution in [1.82, 2.24) is 20.1 Å². The molecular formula is C39H54N8O6S. The Kier molecular flexibility index (Phi) is 14.2. The molecule has 0 saturated carbocycles. The molecule has 15 heteroatoms. The number of nitrogens with one attached hydrogen (secondary N) is 5. The molecule has 0 radical (unpaired) electrons. The fourth-order valence-corrected chi connectivity index (χ4v) is 6.33. The van der Waals surface area contributed by atoms with Crippen molar-refractivity contribution in [3.8, 4) is 11.5 Å². The maximum absolute atomic E-state index is 13.6. The first-order chi connectivity index (χ1) is 25.5. The number of rotatable bonds is 14. The number of benzene rings is 2. The second-order valence-electron chi connectivity index (χ2n) is 14.4. The van der Waals surface area contributed by atoms with Gasteiger partial charge in [0.25, 0.3) is 10.1 Å². The Labute approximate surface area is 318 Å². The van der Waals surface area contributed by atoms with E-state index in [9.17, 15) is 13.2 Å². The van der Waals surface area contributed by atoms with Gasteiger partial charge >= 0.3 is 6.03 Å². The molecule has 3 unspecified atom stereocenters. The lowest BCUT2D eigenvalue weighted by atomic mass is 9.85. The van der Waals surface area contributed by atoms with Crippen LogP contribution in [0.4, 0.5) is 10.5 Å². The zero-order valence-electron chi connectivity index (χ0n) is 32.2. The highest BCUT2D eigenvalue weighted by Crippen LogP contribution is 2.38. The third-order valence-corrected chi connectivity index (χ3v) is 9.35. The molecule has 5 N–H and O–H groups in total. The van der Waals surface area contributed by atoms with Gasteiger partial charge < -0.3 is 25.1 Å². The monoisotopic (exact) mass is 762 g/mol. The van der Waals surface area contributed by atoms with Crippen LogP contribution in [0.5, 0.6) is 11.5 Å². The van der Waals surface area contributed by atoms with Crippen LogP contribution in [0, 0.1) is 21.6 Å². The van der Waals surface area contributed by atoms with Crippen LogP contribution in [0.2, 0.25) is 0 Å². The lowest BCUT2D eigenvalue weighted by Gasteiger charge is -2.32. The van der Waals surface area contributed by atoms with Crippen LogP contribution in [-0.4, -0.2) is 73.5 Å². The molecule has 2 aromatic carbocycles. The SMILES string of the molecule is CCCN(CC)C(=N)n1cc(OC2CCC(NC(=O)NC(CC(=N)C(C)(C)C)=Nc3cccc(OC(C)COS(C)(=O)=O)c3)c3ccccc32)ccc1=N. The van der Waals surface area contributed by atoms with Crippen LogP contribution in [0.3, 0.4) is 0 Å². The molecule has 3 atom stereocenters. The normalized spacial score (nSPS) is 16.5. The molecule has 3 aromatic rings. The standard InChI is InChI=1S/C39H54N8O6S/c1-8-21-46(9-2)37(42)47-24-29(17-20-35(47)41)53-33-19-18-32(30-15-10-11-16-31(30)33)44-38(48)45-36(23-34(40)39(4,5)6)43-27-13-12-14-28(22-27)52-26(3)25-51-54(7,49)50/h10-17,20,22,24,26,32-33,40-42H,8-9,18-19,21,23,25H2,1-7H3,(H2,43,44,45,48). The molecule has 54 heavy (non-hydrogen) atoms. The van der Waals surface area contributed by atoms with Gasteiger partial charge in [-0.15, -0.1) is 0 Å². The average Bonchev–Trinajstić information content (AvgIpc) is 3.10. The highest BCUT2D eigenvalue weighted by Gasteiger charge is 2.30. The topological polar surface area (TPSA) is 195 Å². The van der Waals surface area contributed by atoms with Crippen LogP contribution in [0.15, 0.2) is 71.9 Å². The first-order valence-corrected chi connectivity index (χ1v) is 20.0. The molecule has 0 spiro atoms. The summed E-state index contributed by atoms with van der Waals surface area (Å²) in [7, 11) is -3.61. The van der Waals surface area contributed by atoms with Crippen molar-refractivity contribution in [3.05, 3.63) is 83.5 Å². The minimum Gasteiger partial charge on any atom is -0.488 e. The van der Waals surface area contributed by atoms with Gasteiger partial charge in [-0.3, -0.25) is 24.9 Å². The molecule has 1 heterocycles. The van der Waals surface area contributed by atoms with Gasteiger partial charge in [0.15, 0.2) is 0 Å². The minimum absolute atomic E-state index is 0.0980. The molecule has 4 rings (SSSR count). The Balaban J connectivity index is 1.51. The van der Waals surface area contributed by atoms with Crippen LogP contribution >= 0.6 is 0 Å². The van der Waals surface area contributed by atoms with Crippen molar-refractivity contribution in [2.24, 2.45) is 10.4 Å². The van der Waals surface area contributed by atoms with Crippen molar-refractivity contribution >= 4 is 39.3 Å². The molecule has 0 fully saturated rings. The van der Waals surface area contributed by atoms with E-state index in [4.69, 9.17) is 34.9 Å². The van der Waals surface area contributed by atoms with Gasteiger partial charge in [0.2, 0.25) is 5.96 Å². The summed E-state index contributed by atoms with van der Waals surface area (Å²) in [6.07, 6.45) is 3.98. The Morgan fingerprint density at radius 2 is 1.76 bits per heavy atom. The zero-order chi connectivity index (χ0) is 39.6. The van der Waals surface area contributed by atoms with E-state index in [1.165, 1.54) is 4.57 Å². The van der Waals surface area contributed by atoms with E-state index in [1.807, 2.05) is 56.9 Å². The van der Waals surface area contributed by atoms with E-state index in [2.05, 4.69) is 17.6 Å². The van der Waals surface area contributed by atoms with E-state index >= 15 is 0 Å². The molecule has 292 valence electrons. The van der Waals surface area contributed by atoms with Gasteiger partial charge in [0, 0.05) is 31.3 Å². The predicted octanol–water partition coefficient (Wildman–Crippen LogP) is 6.67. The summed E-state index contributed by atoms with van der Waals surface area (Å²) in [6, 6.07) is 17.3. The van der Waals surface area contributed by atoms with Crippen LogP contribution in [0.1, 0.15) is 90.5 Å². The van der Waals surface area contributed by atoms with Gasteiger partial charge in [0.05, 0.1) is 24.2 Å². The maximum Gasteiger partial charge on any atom is 0.320 e. The fourth-order valence-electron chi connectivity index (χ4n) is 5.89. The lowest BCUT2D eigenvalue weighted by molar-refractivity contribution is 0.147. The van der Waals surface area contributed by atoms with Gasteiger partial charge in [-0.2, -0.15) is 8.42 Å². The van der Waals surface area contributed by atoms with E-state index < -0.39 is 27.7 Å². The number of aliphatic imine (C=N–C) groups is 1. The number of hydrogen-bond acceptors (Lipinski definition) is 10. The van der Waals surface area contributed by atoms with E-state index in [1.54, 1.807) is 49.5 Å². The van der Waals surface area contributed by atoms with Crippen LogP contribution < -0.4 is 25.6 Å². The first-order valence-electron chi connectivity index (χ1n) is 18.2. The molecule has 2 amide bonds. The summed E-state index contributed by atoms with van der Waals surface area (Å²) < 4.78 is 41.5. The number of amides is 2. The number of amidine groups is 1. The molecular weight excluding hydrogens is 709 g/mol. The highest BCUT2D eigenvalue weighted by atomic mass is 32.2. The number of nitrogens with zero attached hydrogens (tertiary/aromatic N) is 3. The smallest absolute Gasteiger partial charge is 0.320 e. The second-order valence-corrected chi connectivity index (χ2v) is 16.0. The third-order valence-electron chi connectivity index (χ3n) is 8.79. The summed E-state index contributed by atoms with van der Waals surface area (Å²) in [4.78, 5) is 20.2. The van der Waals surface area contributed by atoms with Crippen LogP contribution in [-0.2, 0) is 14.3 Å². The number of pyridine rings is 1. The fraction of sp³-hybridized carbons (Fsp3) is 0.462. The number of aromatic nitrogens is 1. The molecule has 14 nitrogen and oxygen atoms in total. The summed E-state index contributed by atoms with van der Waals surface area (Å²) in [5.74, 6) is 1.48. The number of carbonyl (C=O) groups excluding carboxylic acids is 1. The van der Waals surface area contributed by atoms with Crippen molar-refractivity contribution < 1.29 is 26.9 Å². The van der Waals surface area contributed by atoms with Crippen molar-refractivity contribution in [2.45, 2.75) is 85.5 Å². The summed E-state index contributed by atoms with van der Waals surface area (Å²) >= 11 is 0. The molecule has 0 bridgehead atoms. The van der Waals surface area contributed by atoms with Gasteiger partial charge in [0.1, 0.15) is 41.6 Å². The van der Waals surface area contributed by atoms with Gasteiger partial charge in [-0.05, 0) is 73.9 Å². The number of carbonyl (C=O) groups is 1. The summed E-state index contributed by atoms with van der Waals surface area (Å²) in [5, 5.41) is 31.8. The Morgan fingerprint density at radius 1 is 1.04 bits per heavy atom. The van der Waals surface area contributed by atoms with Crippen LogP contribution in [0.25, 0.3) is 0 Å². The second kappa shape index (κ2) is 18.3. The highest BCUT2D eigenvalue weighted by molar-refractivity contribution is 7.85. The number of ether oxygens (including phenoxy) is 2. The summed E-state index contributed by atoms with van der Waals surface area (Å²) in [6.45, 7) is 12.7. The Hall–Kier alpha value is -5.02. The lowest BCUT2D eigenvalue weighted by Crippen LogP contribution is -2.43. The van der Waals surface area contributed by atoms with Crippen molar-refractivity contribution in [3.63, 3.8) is 0 Å². The molecule has 1 aliphatic carbocycles. The minimum atomic E-state index is -3.61. The third kappa shape index (κ3) is 12.0. The molecule has 0 saturated heterocycles. The van der Waals surface area contributed by atoms with Crippen molar-refractivity contribution in [2.75, 3.05) is 26.0 Å². The Bertz CT molecular complexity index is 2010. The molecule has 0 aliphatic heterocycles. The average molecular weight is 763 g/mol. The zero-order valence-corrected chi connectivity index (χ0v) is 33.0. The van der Waals surface area contributed by atoms with Gasteiger partial charge in [-0.25, -0.2) is 9.79 Å². The van der Waals surface area contributed by atoms with E-state index in [0.717, 1.165) is 23.8 Å². The molecule has 1 aliphatic rings. The molecule has 1 aromatic heterocycles. The van der Waals surface area contributed by atoms with E-state index in [0.29, 0.717) is 48.8 Å². The van der Waals surface area contributed by atoms with E-state index in [-0.39, 0.29) is 42.5 Å². The first kappa shape index (κ1) is 41.7. The van der Waals surface area contributed by atoms with Crippen molar-refractivity contribution in [1.29, 1.82) is 16.2 Å². The summed E-state index contributed by atoms with van der Waals surface area (Å²) in [5.41, 5.74) is 2.44. The maximum atomic E-state index is 13.6. The number of urea groups is 1. The quantitative estimate of drug-likeness (QED) is 0.0687. The predicted molar refractivity (Wildman–Crippen MR) is 211 cm³/mol.